The molecule has 1 amide bonds. The van der Waals surface area contributed by atoms with Crippen LogP contribution >= 0.6 is 0 Å². The Labute approximate surface area is 192 Å². The molecule has 0 saturated heterocycles. The van der Waals surface area contributed by atoms with Gasteiger partial charge in [0.25, 0.3) is 5.91 Å². The highest BCUT2D eigenvalue weighted by Gasteiger charge is 2.29. The summed E-state index contributed by atoms with van der Waals surface area (Å²) >= 11 is 0. The van der Waals surface area contributed by atoms with Crippen molar-refractivity contribution in [2.24, 2.45) is 0 Å². The Morgan fingerprint density at radius 2 is 1.82 bits per heavy atom. The number of anilines is 1. The standard InChI is InChI=1S/C25H27F2N5O/c1-6-32-13-18-15(23(32)33)7-9-28-22(18)30-14(2)16-11-20(27)17(12-19(16)26)21-8-10-29-24(31-21)25(3,4)5/h7-12,14H,6,13H2,1-5H3,(H,28,30). The average Bonchev–Trinajstić information content (AvgIpc) is 3.11. The molecule has 1 aliphatic rings. The predicted octanol–water partition coefficient (Wildman–Crippen LogP) is 5.26. The summed E-state index contributed by atoms with van der Waals surface area (Å²) in [4.78, 5) is 27.2. The zero-order valence-corrected chi connectivity index (χ0v) is 19.4. The Hall–Kier alpha value is -3.42. The van der Waals surface area contributed by atoms with E-state index in [4.69, 9.17) is 0 Å². The maximum atomic E-state index is 15.1. The van der Waals surface area contributed by atoms with Crippen LogP contribution in [0, 0.1) is 11.6 Å². The number of halogens is 2. The minimum atomic E-state index is -0.575. The van der Waals surface area contributed by atoms with Crippen LogP contribution in [0.15, 0.2) is 36.7 Å². The SMILES string of the molecule is CCN1Cc2c(ccnc2NC(C)c2cc(F)c(-c3ccnc(C(C)(C)C)n3)cc2F)C1=O. The second kappa shape index (κ2) is 8.50. The van der Waals surface area contributed by atoms with Crippen molar-refractivity contribution in [2.45, 2.75) is 52.6 Å². The average molecular weight is 452 g/mol. The van der Waals surface area contributed by atoms with Gasteiger partial charge in [-0.05, 0) is 38.1 Å². The van der Waals surface area contributed by atoms with Gasteiger partial charge in [-0.3, -0.25) is 4.79 Å². The molecule has 1 N–H and O–H groups in total. The first-order chi connectivity index (χ1) is 15.6. The molecule has 6 nitrogen and oxygen atoms in total. The quantitative estimate of drug-likeness (QED) is 0.573. The maximum absolute atomic E-state index is 15.1. The van der Waals surface area contributed by atoms with Gasteiger partial charge in [-0.15, -0.1) is 0 Å². The predicted molar refractivity (Wildman–Crippen MR) is 123 cm³/mol. The molecule has 0 aliphatic carbocycles. The lowest BCUT2D eigenvalue weighted by Crippen LogP contribution is -2.22. The third-order valence-corrected chi connectivity index (χ3v) is 5.81. The third kappa shape index (κ3) is 4.29. The lowest BCUT2D eigenvalue weighted by Gasteiger charge is -2.19. The number of aromatic nitrogens is 3. The number of hydrogen-bond donors (Lipinski definition) is 1. The fourth-order valence-corrected chi connectivity index (χ4v) is 3.91. The summed E-state index contributed by atoms with van der Waals surface area (Å²) in [7, 11) is 0. The fourth-order valence-electron chi connectivity index (χ4n) is 3.91. The van der Waals surface area contributed by atoms with E-state index in [1.54, 1.807) is 36.4 Å². The Bertz CT molecular complexity index is 1220. The van der Waals surface area contributed by atoms with E-state index in [0.29, 0.717) is 36.0 Å². The number of rotatable bonds is 5. The van der Waals surface area contributed by atoms with E-state index in [1.165, 1.54) is 12.1 Å². The summed E-state index contributed by atoms with van der Waals surface area (Å²) < 4.78 is 30.2. The van der Waals surface area contributed by atoms with Gasteiger partial charge in [0.2, 0.25) is 0 Å². The van der Waals surface area contributed by atoms with E-state index in [0.717, 1.165) is 5.56 Å². The first-order valence-electron chi connectivity index (χ1n) is 11.0. The number of amides is 1. The molecule has 8 heteroatoms. The van der Waals surface area contributed by atoms with Gasteiger partial charge in [-0.25, -0.2) is 23.7 Å². The topological polar surface area (TPSA) is 71.0 Å². The van der Waals surface area contributed by atoms with Crippen molar-refractivity contribution in [1.82, 2.24) is 19.9 Å². The van der Waals surface area contributed by atoms with Crippen LogP contribution in [0.25, 0.3) is 11.3 Å². The number of nitrogens with one attached hydrogen (secondary N) is 1. The largest absolute Gasteiger partial charge is 0.363 e. The van der Waals surface area contributed by atoms with E-state index >= 15 is 8.78 Å². The van der Waals surface area contributed by atoms with E-state index < -0.39 is 17.7 Å². The molecule has 4 rings (SSSR count). The van der Waals surface area contributed by atoms with Crippen LogP contribution in [0.5, 0.6) is 0 Å². The number of fused-ring (bicyclic) bond motifs is 1. The maximum Gasteiger partial charge on any atom is 0.254 e. The van der Waals surface area contributed by atoms with Crippen molar-refractivity contribution >= 4 is 11.7 Å². The van der Waals surface area contributed by atoms with Crippen molar-refractivity contribution in [1.29, 1.82) is 0 Å². The lowest BCUT2D eigenvalue weighted by atomic mass is 9.95. The minimum Gasteiger partial charge on any atom is -0.363 e. The van der Waals surface area contributed by atoms with Crippen LogP contribution in [-0.4, -0.2) is 32.3 Å². The van der Waals surface area contributed by atoms with E-state index in [2.05, 4.69) is 20.3 Å². The molecule has 0 radical (unpaired) electrons. The molecule has 172 valence electrons. The van der Waals surface area contributed by atoms with Gasteiger partial charge >= 0.3 is 0 Å². The highest BCUT2D eigenvalue weighted by atomic mass is 19.1. The summed E-state index contributed by atoms with van der Waals surface area (Å²) in [6.07, 6.45) is 3.10. The summed E-state index contributed by atoms with van der Waals surface area (Å²) in [6, 6.07) is 5.04. The molecule has 0 spiro atoms. The lowest BCUT2D eigenvalue weighted by molar-refractivity contribution is 0.0787. The van der Waals surface area contributed by atoms with Crippen molar-refractivity contribution < 1.29 is 13.6 Å². The molecule has 0 saturated carbocycles. The first kappa shape index (κ1) is 22.8. The molecule has 0 bridgehead atoms. The number of benzene rings is 1. The van der Waals surface area contributed by atoms with E-state index in [-0.39, 0.29) is 22.4 Å². The van der Waals surface area contributed by atoms with Gasteiger partial charge in [0.05, 0.1) is 18.3 Å². The molecule has 1 atom stereocenters. The summed E-state index contributed by atoms with van der Waals surface area (Å²) in [5, 5.41) is 3.16. The van der Waals surface area contributed by atoms with Gasteiger partial charge in [-0.2, -0.15) is 0 Å². The summed E-state index contributed by atoms with van der Waals surface area (Å²) in [5.74, 6) is -0.123. The summed E-state index contributed by atoms with van der Waals surface area (Å²) in [6.45, 7) is 10.5. The van der Waals surface area contributed by atoms with Crippen LogP contribution in [0.1, 0.15) is 68.0 Å². The second-order valence-electron chi connectivity index (χ2n) is 9.24. The van der Waals surface area contributed by atoms with E-state index in [9.17, 15) is 4.79 Å². The molecule has 3 heterocycles. The van der Waals surface area contributed by atoms with Crippen molar-refractivity contribution in [2.75, 3.05) is 11.9 Å². The number of carbonyl (C=O) groups is 1. The van der Waals surface area contributed by atoms with E-state index in [1.807, 2.05) is 27.7 Å². The number of nitrogens with zero attached hydrogens (tertiary/aromatic N) is 4. The zero-order valence-electron chi connectivity index (χ0n) is 19.4. The summed E-state index contributed by atoms with van der Waals surface area (Å²) in [5.41, 5.74) is 1.61. The molecule has 1 unspecified atom stereocenters. The molecular formula is C25H27F2N5O. The van der Waals surface area contributed by atoms with Crippen molar-refractivity contribution in [3.8, 4) is 11.3 Å². The molecule has 1 aliphatic heterocycles. The van der Waals surface area contributed by atoms with Gasteiger partial charge < -0.3 is 10.2 Å². The molecule has 0 fully saturated rings. The van der Waals surface area contributed by atoms with Crippen LogP contribution in [-0.2, 0) is 12.0 Å². The Balaban J connectivity index is 1.64. The highest BCUT2D eigenvalue weighted by Crippen LogP contribution is 2.32. The van der Waals surface area contributed by atoms with Crippen LogP contribution in [0.2, 0.25) is 0 Å². The number of hydrogen-bond acceptors (Lipinski definition) is 5. The monoisotopic (exact) mass is 451 g/mol. The third-order valence-electron chi connectivity index (χ3n) is 5.81. The van der Waals surface area contributed by atoms with Gasteiger partial charge in [-0.1, -0.05) is 20.8 Å². The van der Waals surface area contributed by atoms with Crippen LogP contribution in [0.4, 0.5) is 14.6 Å². The fraction of sp³-hybridized carbons (Fsp3) is 0.360. The number of pyridine rings is 1. The Morgan fingerprint density at radius 1 is 1.09 bits per heavy atom. The first-order valence-corrected chi connectivity index (χ1v) is 11.0. The van der Waals surface area contributed by atoms with Crippen LogP contribution in [0.3, 0.4) is 0 Å². The van der Waals surface area contributed by atoms with Gasteiger partial charge in [0, 0.05) is 46.6 Å². The van der Waals surface area contributed by atoms with Crippen molar-refractivity contribution in [3.63, 3.8) is 0 Å². The van der Waals surface area contributed by atoms with Crippen LogP contribution < -0.4 is 5.32 Å². The smallest absolute Gasteiger partial charge is 0.254 e. The molecule has 1 aromatic carbocycles. The highest BCUT2D eigenvalue weighted by molar-refractivity contribution is 5.99. The second-order valence-corrected chi connectivity index (χ2v) is 9.24. The van der Waals surface area contributed by atoms with Gasteiger partial charge in [0.15, 0.2) is 0 Å². The molecule has 2 aromatic heterocycles. The Kier molecular flexibility index (Phi) is 5.86. The normalized spacial score (nSPS) is 14.4. The van der Waals surface area contributed by atoms with Crippen molar-refractivity contribution in [3.05, 3.63) is 70.8 Å². The van der Waals surface area contributed by atoms with Gasteiger partial charge in [0.1, 0.15) is 23.3 Å². The zero-order chi connectivity index (χ0) is 23.9. The molecular weight excluding hydrogens is 424 g/mol. The Morgan fingerprint density at radius 3 is 2.52 bits per heavy atom. The number of carbonyl (C=O) groups excluding carboxylic acids is 1. The molecule has 3 aromatic rings. The molecule has 33 heavy (non-hydrogen) atoms. The minimum absolute atomic E-state index is 0.0494.